The number of hydrogen-bond acceptors (Lipinski definition) is 8. The highest BCUT2D eigenvalue weighted by atomic mass is 79.9. The zero-order chi connectivity index (χ0) is 23.3. The number of benzene rings is 2. The second kappa shape index (κ2) is 10.6. The van der Waals surface area contributed by atoms with Crippen molar-refractivity contribution in [2.45, 2.75) is 16.1 Å². The average Bonchev–Trinajstić information content (AvgIpc) is 2.76. The Morgan fingerprint density at radius 1 is 0.710 bits per heavy atom. The van der Waals surface area contributed by atoms with Crippen molar-refractivity contribution in [3.05, 3.63) is 55.6 Å². The highest BCUT2D eigenvalue weighted by molar-refractivity contribution is 9.09. The van der Waals surface area contributed by atoms with Crippen molar-refractivity contribution in [3.8, 4) is 23.0 Å². The second-order valence-electron chi connectivity index (χ2n) is 6.22. The number of halogens is 2. The minimum atomic E-state index is -0.537. The molecule has 12 heteroatoms. The molecule has 0 aromatic heterocycles. The van der Waals surface area contributed by atoms with E-state index in [0.29, 0.717) is 22.6 Å². The maximum Gasteiger partial charge on any atom is 0.277 e. The van der Waals surface area contributed by atoms with Crippen LogP contribution in [0, 0.1) is 20.2 Å². The molecule has 2 atom stereocenters. The lowest BCUT2D eigenvalue weighted by atomic mass is 10.00. The van der Waals surface area contributed by atoms with E-state index in [1.165, 1.54) is 52.7 Å². The van der Waals surface area contributed by atoms with Gasteiger partial charge in [0.05, 0.1) is 50.4 Å². The molecule has 0 spiro atoms. The predicted molar refractivity (Wildman–Crippen MR) is 120 cm³/mol. The van der Waals surface area contributed by atoms with Crippen LogP contribution in [0.2, 0.25) is 0 Å². The van der Waals surface area contributed by atoms with Gasteiger partial charge in [-0.1, -0.05) is 31.9 Å². The van der Waals surface area contributed by atoms with E-state index in [4.69, 9.17) is 18.9 Å². The SMILES string of the molecule is COc1cc(C(Br)CC(Br)c2cc(OC)c(OC)cc2[N+](=O)[O-])c([N+](=O)[O-])cc1OC. The molecule has 0 aliphatic rings. The largest absolute Gasteiger partial charge is 0.493 e. The van der Waals surface area contributed by atoms with Gasteiger partial charge in [-0.05, 0) is 18.6 Å². The zero-order valence-corrected chi connectivity index (χ0v) is 20.3. The number of methoxy groups -OCH3 is 4. The van der Waals surface area contributed by atoms with Gasteiger partial charge in [0.1, 0.15) is 0 Å². The quantitative estimate of drug-likeness (QED) is 0.211. The summed E-state index contributed by atoms with van der Waals surface area (Å²) >= 11 is 6.96. The summed E-state index contributed by atoms with van der Waals surface area (Å²) in [5.41, 5.74) is 0.354. The van der Waals surface area contributed by atoms with Gasteiger partial charge in [-0.25, -0.2) is 0 Å². The molecule has 10 nitrogen and oxygen atoms in total. The Hall–Kier alpha value is -2.60. The lowest BCUT2D eigenvalue weighted by molar-refractivity contribution is -0.385. The summed E-state index contributed by atoms with van der Waals surface area (Å²) in [7, 11) is 5.63. The molecule has 2 rings (SSSR count). The third-order valence-electron chi connectivity index (χ3n) is 4.55. The fourth-order valence-corrected chi connectivity index (χ4v) is 5.00. The minimum Gasteiger partial charge on any atom is -0.493 e. The topological polar surface area (TPSA) is 123 Å². The third-order valence-corrected chi connectivity index (χ3v) is 6.28. The summed E-state index contributed by atoms with van der Waals surface area (Å²) in [6, 6.07) is 5.59. The standard InChI is InChI=1S/C19H20Br2N2O8/c1-28-16-5-10(14(22(24)25)8-18(16)30-3)12(20)7-13(21)11-6-17(29-2)19(31-4)9-15(11)23(26)27/h5-6,8-9,12-13H,7H2,1-4H3. The molecule has 0 aliphatic carbocycles. The number of nitrogens with zero attached hydrogens (tertiary/aromatic N) is 2. The van der Waals surface area contributed by atoms with Gasteiger partial charge in [0, 0.05) is 20.8 Å². The van der Waals surface area contributed by atoms with Gasteiger partial charge in [0.15, 0.2) is 23.0 Å². The Morgan fingerprint density at radius 3 is 1.26 bits per heavy atom. The van der Waals surface area contributed by atoms with Crippen LogP contribution in [0.25, 0.3) is 0 Å². The molecule has 168 valence electrons. The lowest BCUT2D eigenvalue weighted by Gasteiger charge is -2.18. The van der Waals surface area contributed by atoms with Crippen molar-refractivity contribution in [2.24, 2.45) is 0 Å². The summed E-state index contributed by atoms with van der Waals surface area (Å²) in [6.45, 7) is 0. The Kier molecular flexibility index (Phi) is 8.45. The van der Waals surface area contributed by atoms with E-state index in [1.807, 2.05) is 0 Å². The fraction of sp³-hybridized carbons (Fsp3) is 0.368. The maximum absolute atomic E-state index is 11.6. The first-order valence-corrected chi connectivity index (χ1v) is 10.6. The van der Waals surface area contributed by atoms with Crippen molar-refractivity contribution in [1.29, 1.82) is 0 Å². The second-order valence-corrected chi connectivity index (χ2v) is 8.43. The van der Waals surface area contributed by atoms with Crippen LogP contribution < -0.4 is 18.9 Å². The van der Waals surface area contributed by atoms with Crippen LogP contribution >= 0.6 is 31.9 Å². The van der Waals surface area contributed by atoms with Crippen LogP contribution in [0.4, 0.5) is 11.4 Å². The average molecular weight is 564 g/mol. The molecular formula is C19H20Br2N2O8. The van der Waals surface area contributed by atoms with E-state index in [-0.39, 0.29) is 29.3 Å². The first-order chi connectivity index (χ1) is 14.7. The van der Waals surface area contributed by atoms with Crippen molar-refractivity contribution >= 4 is 43.2 Å². The summed E-state index contributed by atoms with van der Waals surface area (Å²) in [6.07, 6.45) is 0.243. The van der Waals surface area contributed by atoms with Crippen LogP contribution in [0.15, 0.2) is 24.3 Å². The minimum absolute atomic E-state index is 0.166. The van der Waals surface area contributed by atoms with Gasteiger partial charge in [0.25, 0.3) is 11.4 Å². The van der Waals surface area contributed by atoms with E-state index >= 15 is 0 Å². The molecule has 31 heavy (non-hydrogen) atoms. The summed E-state index contributed by atoms with van der Waals surface area (Å²) < 4.78 is 20.8. The van der Waals surface area contributed by atoms with Crippen LogP contribution in [-0.2, 0) is 0 Å². The molecule has 0 bridgehead atoms. The molecule has 0 fully saturated rings. The van der Waals surface area contributed by atoms with Gasteiger partial charge < -0.3 is 18.9 Å². The van der Waals surface area contributed by atoms with Crippen LogP contribution in [-0.4, -0.2) is 38.3 Å². The number of rotatable bonds is 10. The molecule has 0 saturated heterocycles. The Morgan fingerprint density at radius 2 is 1.00 bits per heavy atom. The summed E-state index contributed by atoms with van der Waals surface area (Å²) in [5, 5.41) is 23.2. The highest BCUT2D eigenvalue weighted by Crippen LogP contribution is 2.47. The Labute approximate surface area is 195 Å². The molecule has 2 unspecified atom stereocenters. The zero-order valence-electron chi connectivity index (χ0n) is 17.1. The van der Waals surface area contributed by atoms with Crippen LogP contribution in [0.5, 0.6) is 23.0 Å². The number of nitro benzene ring substituents is 2. The molecule has 0 radical (unpaired) electrons. The predicted octanol–water partition coefficient (Wildman–Crippen LogP) is 5.50. The van der Waals surface area contributed by atoms with Crippen molar-refractivity contribution in [1.82, 2.24) is 0 Å². The Balaban J connectivity index is 2.48. The molecule has 0 amide bonds. The number of hydrogen-bond donors (Lipinski definition) is 0. The van der Waals surface area contributed by atoms with E-state index < -0.39 is 19.5 Å². The summed E-state index contributed by atoms with van der Waals surface area (Å²) in [5.74, 6) is 1.11. The number of alkyl halides is 2. The first-order valence-electron chi connectivity index (χ1n) is 8.77. The smallest absolute Gasteiger partial charge is 0.277 e. The molecule has 0 saturated carbocycles. The monoisotopic (exact) mass is 562 g/mol. The van der Waals surface area contributed by atoms with Crippen LogP contribution in [0.3, 0.4) is 0 Å². The van der Waals surface area contributed by atoms with Crippen LogP contribution in [0.1, 0.15) is 27.2 Å². The first kappa shape index (κ1) is 24.7. The van der Waals surface area contributed by atoms with Gasteiger partial charge in [-0.3, -0.25) is 20.2 Å². The van der Waals surface area contributed by atoms with Gasteiger partial charge in [0.2, 0.25) is 0 Å². The van der Waals surface area contributed by atoms with Crippen molar-refractivity contribution in [2.75, 3.05) is 28.4 Å². The van der Waals surface area contributed by atoms with Gasteiger partial charge >= 0.3 is 0 Å². The van der Waals surface area contributed by atoms with Crippen molar-refractivity contribution < 1.29 is 28.8 Å². The number of nitro groups is 2. The molecule has 2 aromatic carbocycles. The summed E-state index contributed by atoms with van der Waals surface area (Å²) in [4.78, 5) is 21.1. The molecule has 2 aromatic rings. The molecule has 0 heterocycles. The normalized spacial score (nSPS) is 12.6. The van der Waals surface area contributed by atoms with E-state index in [0.717, 1.165) is 0 Å². The van der Waals surface area contributed by atoms with E-state index in [2.05, 4.69) is 31.9 Å². The third kappa shape index (κ3) is 5.37. The molecule has 0 N–H and O–H groups in total. The van der Waals surface area contributed by atoms with E-state index in [1.54, 1.807) is 0 Å². The van der Waals surface area contributed by atoms with E-state index in [9.17, 15) is 20.2 Å². The molecule has 0 aliphatic heterocycles. The maximum atomic E-state index is 11.6. The lowest BCUT2D eigenvalue weighted by Crippen LogP contribution is -2.05. The van der Waals surface area contributed by atoms with Gasteiger partial charge in [-0.15, -0.1) is 0 Å². The van der Waals surface area contributed by atoms with Crippen molar-refractivity contribution in [3.63, 3.8) is 0 Å². The molecular weight excluding hydrogens is 544 g/mol. The number of ether oxygens (including phenoxy) is 4. The Bertz CT molecular complexity index is 908. The fourth-order valence-electron chi connectivity index (χ4n) is 3.02. The highest BCUT2D eigenvalue weighted by Gasteiger charge is 2.30. The van der Waals surface area contributed by atoms with Gasteiger partial charge in [-0.2, -0.15) is 0 Å².